The third-order valence-electron chi connectivity index (χ3n) is 6.19. The average molecular weight is 511 g/mol. The van der Waals surface area contributed by atoms with Gasteiger partial charge in [0.1, 0.15) is 5.60 Å². The minimum absolute atomic E-state index is 0.207. The number of nitrogens with zero attached hydrogens (tertiary/aromatic N) is 3. The zero-order valence-electron chi connectivity index (χ0n) is 22.6. The fraction of sp³-hybridized carbons (Fsp3) is 0.500. The molecule has 1 aliphatic rings. The summed E-state index contributed by atoms with van der Waals surface area (Å²) in [6, 6.07) is 13.9. The van der Waals surface area contributed by atoms with Gasteiger partial charge >= 0.3 is 11.8 Å². The number of anilines is 3. The molecular weight excluding hydrogens is 472 g/mol. The molecule has 1 aromatic heterocycles. The number of fused-ring (bicyclic) bond motifs is 1. The number of morpholine rings is 1. The third kappa shape index (κ3) is 6.85. The van der Waals surface area contributed by atoms with Crippen molar-refractivity contribution in [3.8, 4) is 0 Å². The molecule has 1 aliphatic heterocycles. The summed E-state index contributed by atoms with van der Waals surface area (Å²) in [4.78, 5) is 28.6. The van der Waals surface area contributed by atoms with Gasteiger partial charge in [-0.3, -0.25) is 4.57 Å². The summed E-state index contributed by atoms with van der Waals surface area (Å²) in [5, 5.41) is 3.42. The van der Waals surface area contributed by atoms with Crippen LogP contribution in [0.15, 0.2) is 51.7 Å². The van der Waals surface area contributed by atoms with Crippen LogP contribution in [0.4, 0.5) is 21.9 Å². The van der Waals surface area contributed by atoms with Crippen LogP contribution in [0.5, 0.6) is 0 Å². The van der Waals surface area contributed by atoms with Gasteiger partial charge in [0.25, 0.3) is 0 Å². The summed E-state index contributed by atoms with van der Waals surface area (Å²) < 4.78 is 18.3. The van der Waals surface area contributed by atoms with E-state index in [0.29, 0.717) is 30.6 Å². The van der Waals surface area contributed by atoms with Crippen LogP contribution in [0.3, 0.4) is 0 Å². The number of hydrogen-bond donors (Lipinski definition) is 1. The third-order valence-corrected chi connectivity index (χ3v) is 6.19. The maximum absolute atomic E-state index is 12.5. The lowest BCUT2D eigenvalue weighted by molar-refractivity contribution is -0.00522. The quantitative estimate of drug-likeness (QED) is 0.467. The topological polar surface area (TPSA) is 89.2 Å². The van der Waals surface area contributed by atoms with Gasteiger partial charge in [-0.15, -0.1) is 0 Å². The number of oxazole rings is 1. The van der Waals surface area contributed by atoms with Crippen molar-refractivity contribution < 1.29 is 18.7 Å². The molecule has 37 heavy (non-hydrogen) atoms. The number of carbonyl (C=O) groups excluding carboxylic acids is 1. The van der Waals surface area contributed by atoms with Gasteiger partial charge in [0.2, 0.25) is 0 Å². The Hall–Kier alpha value is -3.46. The Morgan fingerprint density at radius 3 is 2.38 bits per heavy atom. The summed E-state index contributed by atoms with van der Waals surface area (Å²) in [6.07, 6.45) is 0.617. The molecule has 2 unspecified atom stereocenters. The van der Waals surface area contributed by atoms with Gasteiger partial charge in [-0.1, -0.05) is 0 Å². The van der Waals surface area contributed by atoms with Crippen molar-refractivity contribution in [2.45, 2.75) is 65.4 Å². The highest BCUT2D eigenvalue weighted by atomic mass is 16.6. The summed E-state index contributed by atoms with van der Waals surface area (Å²) in [5.41, 5.74) is 3.67. The van der Waals surface area contributed by atoms with E-state index in [-0.39, 0.29) is 18.3 Å². The van der Waals surface area contributed by atoms with Gasteiger partial charge in [0.05, 0.1) is 17.7 Å². The van der Waals surface area contributed by atoms with Crippen molar-refractivity contribution in [3.63, 3.8) is 0 Å². The van der Waals surface area contributed by atoms with Crippen molar-refractivity contribution >= 4 is 34.3 Å². The van der Waals surface area contributed by atoms with Crippen LogP contribution in [0.1, 0.15) is 41.0 Å². The molecule has 1 fully saturated rings. The van der Waals surface area contributed by atoms with Crippen LogP contribution in [0.2, 0.25) is 0 Å². The van der Waals surface area contributed by atoms with E-state index in [9.17, 15) is 9.59 Å². The van der Waals surface area contributed by atoms with Crippen molar-refractivity contribution in [3.05, 3.63) is 53.0 Å². The van der Waals surface area contributed by atoms with E-state index in [1.54, 1.807) is 17.7 Å². The molecule has 0 spiro atoms. The molecule has 1 amide bonds. The minimum Gasteiger partial charge on any atom is -0.444 e. The molecule has 1 N–H and O–H groups in total. The molecule has 0 saturated carbocycles. The maximum Gasteiger partial charge on any atom is 0.419 e. The summed E-state index contributed by atoms with van der Waals surface area (Å²) in [7, 11) is 1.69. The molecule has 1 saturated heterocycles. The molecular formula is C28H38N4O5. The van der Waals surface area contributed by atoms with E-state index >= 15 is 0 Å². The molecule has 2 heterocycles. The fourth-order valence-electron chi connectivity index (χ4n) is 4.56. The van der Waals surface area contributed by atoms with Crippen LogP contribution >= 0.6 is 0 Å². The largest absolute Gasteiger partial charge is 0.444 e. The van der Waals surface area contributed by atoms with E-state index in [2.05, 4.69) is 48.3 Å². The van der Waals surface area contributed by atoms with Gasteiger partial charge in [-0.05, 0) is 83.5 Å². The lowest BCUT2D eigenvalue weighted by Gasteiger charge is -2.36. The maximum atomic E-state index is 12.5. The number of carbonyl (C=O) groups is 1. The zero-order chi connectivity index (χ0) is 26.7. The lowest BCUT2D eigenvalue weighted by Crippen LogP contribution is -2.45. The molecule has 0 radical (unpaired) electrons. The molecule has 2 aromatic carbocycles. The highest BCUT2D eigenvalue weighted by molar-refractivity contribution is 5.79. The number of aromatic nitrogens is 1. The zero-order valence-corrected chi connectivity index (χ0v) is 22.6. The number of ether oxygens (including phenoxy) is 2. The number of nitrogens with one attached hydrogen (secondary N) is 1. The first-order valence-electron chi connectivity index (χ1n) is 12.8. The fourth-order valence-corrected chi connectivity index (χ4v) is 4.56. The summed E-state index contributed by atoms with van der Waals surface area (Å²) in [6.45, 7) is 12.3. The van der Waals surface area contributed by atoms with E-state index in [4.69, 9.17) is 13.9 Å². The van der Waals surface area contributed by atoms with Gasteiger partial charge in [0.15, 0.2) is 5.58 Å². The standard InChI is InChI=1S/C28H38N4O5/c1-19-17-31(18-20(2)35-19)23-11-8-21(9-12-23)29-22-10-13-25-24(16-22)32(27(34)36-25)15-7-14-30(6)26(33)37-28(3,4)5/h8-13,16,19-20,29H,7,14-15,17-18H2,1-6H3. The van der Waals surface area contributed by atoms with Gasteiger partial charge in [-0.25, -0.2) is 9.59 Å². The van der Waals surface area contributed by atoms with E-state index < -0.39 is 11.4 Å². The Labute approximate surface area is 217 Å². The minimum atomic E-state index is -0.549. The molecule has 9 heteroatoms. The van der Waals surface area contributed by atoms with Crippen molar-refractivity contribution in [2.24, 2.45) is 0 Å². The van der Waals surface area contributed by atoms with E-state index in [0.717, 1.165) is 24.5 Å². The molecule has 3 aromatic rings. The average Bonchev–Trinajstić information content (AvgIpc) is 3.12. The Bertz CT molecular complexity index is 1260. The SMILES string of the molecule is CC1CN(c2ccc(Nc3ccc4oc(=O)n(CCCN(C)C(=O)OC(C)(C)C)c4c3)cc2)CC(C)O1. The van der Waals surface area contributed by atoms with Crippen LogP contribution in [-0.2, 0) is 16.0 Å². The Morgan fingerprint density at radius 1 is 1.08 bits per heavy atom. The second-order valence-corrected chi connectivity index (χ2v) is 10.8. The monoisotopic (exact) mass is 510 g/mol. The molecule has 2 atom stereocenters. The molecule has 9 nitrogen and oxygen atoms in total. The number of hydrogen-bond acceptors (Lipinski definition) is 7. The van der Waals surface area contributed by atoms with Crippen molar-refractivity contribution in [1.82, 2.24) is 9.47 Å². The molecule has 0 aliphatic carbocycles. The number of amides is 1. The van der Waals surface area contributed by atoms with Gasteiger partial charge < -0.3 is 29.0 Å². The van der Waals surface area contributed by atoms with Crippen LogP contribution < -0.4 is 16.0 Å². The number of rotatable bonds is 7. The molecule has 200 valence electrons. The second-order valence-electron chi connectivity index (χ2n) is 10.8. The smallest absolute Gasteiger partial charge is 0.419 e. The van der Waals surface area contributed by atoms with E-state index in [1.165, 1.54) is 10.6 Å². The molecule has 0 bridgehead atoms. The van der Waals surface area contributed by atoms with Crippen LogP contribution in [-0.4, -0.2) is 60.1 Å². The summed E-state index contributed by atoms with van der Waals surface area (Å²) >= 11 is 0. The Morgan fingerprint density at radius 2 is 1.73 bits per heavy atom. The first-order valence-corrected chi connectivity index (χ1v) is 12.8. The number of aryl methyl sites for hydroxylation is 1. The predicted octanol–water partition coefficient (Wildman–Crippen LogP) is 5.21. The van der Waals surface area contributed by atoms with Crippen LogP contribution in [0, 0.1) is 0 Å². The highest BCUT2D eigenvalue weighted by Crippen LogP contribution is 2.26. The first kappa shape index (κ1) is 26.6. The molecule has 4 rings (SSSR count). The normalized spacial score (nSPS) is 18.2. The lowest BCUT2D eigenvalue weighted by atomic mass is 10.2. The first-order chi connectivity index (χ1) is 17.5. The second kappa shape index (κ2) is 10.9. The van der Waals surface area contributed by atoms with Gasteiger partial charge in [0, 0.05) is 50.3 Å². The summed E-state index contributed by atoms with van der Waals surface area (Å²) in [5.74, 6) is -0.412. The highest BCUT2D eigenvalue weighted by Gasteiger charge is 2.22. The van der Waals surface area contributed by atoms with E-state index in [1.807, 2.05) is 32.9 Å². The Balaban J connectivity index is 1.41. The Kier molecular flexibility index (Phi) is 7.82. The van der Waals surface area contributed by atoms with Crippen molar-refractivity contribution in [2.75, 3.05) is 36.9 Å². The van der Waals surface area contributed by atoms with Crippen molar-refractivity contribution in [1.29, 1.82) is 0 Å². The predicted molar refractivity (Wildman–Crippen MR) is 146 cm³/mol. The van der Waals surface area contributed by atoms with Crippen LogP contribution in [0.25, 0.3) is 11.1 Å². The number of benzene rings is 2. The van der Waals surface area contributed by atoms with Gasteiger partial charge in [-0.2, -0.15) is 0 Å².